The summed E-state index contributed by atoms with van der Waals surface area (Å²) in [5.74, 6) is 0.860. The SMILES string of the molecule is Cc1cccc(C(=O)N2CCC(Oc3cccc4cccnc34)C2)c1. The van der Waals surface area contributed by atoms with Crippen LogP contribution in [0.15, 0.2) is 60.8 Å². The zero-order chi connectivity index (χ0) is 17.2. The number of amides is 1. The molecule has 1 saturated heterocycles. The third-order valence-corrected chi connectivity index (χ3v) is 4.59. The van der Waals surface area contributed by atoms with Crippen LogP contribution in [0.3, 0.4) is 0 Å². The van der Waals surface area contributed by atoms with Gasteiger partial charge in [-0.1, -0.05) is 35.9 Å². The summed E-state index contributed by atoms with van der Waals surface area (Å²) in [6.45, 7) is 3.33. The lowest BCUT2D eigenvalue weighted by atomic mass is 10.1. The van der Waals surface area contributed by atoms with E-state index >= 15 is 0 Å². The molecule has 0 saturated carbocycles. The van der Waals surface area contributed by atoms with E-state index < -0.39 is 0 Å². The van der Waals surface area contributed by atoms with Crippen LogP contribution in [-0.4, -0.2) is 35.0 Å². The van der Waals surface area contributed by atoms with Crippen LogP contribution in [0.5, 0.6) is 5.75 Å². The van der Waals surface area contributed by atoms with E-state index in [1.807, 2.05) is 66.4 Å². The fourth-order valence-corrected chi connectivity index (χ4v) is 3.32. The number of fused-ring (bicyclic) bond motifs is 1. The Morgan fingerprint density at radius 2 is 2.00 bits per heavy atom. The smallest absolute Gasteiger partial charge is 0.253 e. The number of rotatable bonds is 3. The van der Waals surface area contributed by atoms with Gasteiger partial charge in [0.2, 0.25) is 0 Å². The fourth-order valence-electron chi connectivity index (χ4n) is 3.32. The predicted octanol–water partition coefficient (Wildman–Crippen LogP) is 3.84. The van der Waals surface area contributed by atoms with Gasteiger partial charge in [-0.3, -0.25) is 9.78 Å². The molecular formula is C21H20N2O2. The number of likely N-dealkylation sites (tertiary alicyclic amines) is 1. The van der Waals surface area contributed by atoms with Gasteiger partial charge < -0.3 is 9.64 Å². The van der Waals surface area contributed by atoms with E-state index in [9.17, 15) is 4.79 Å². The average molecular weight is 332 g/mol. The minimum Gasteiger partial charge on any atom is -0.486 e. The monoisotopic (exact) mass is 332 g/mol. The normalized spacial score (nSPS) is 17.0. The first-order chi connectivity index (χ1) is 12.2. The summed E-state index contributed by atoms with van der Waals surface area (Å²) in [5.41, 5.74) is 2.71. The van der Waals surface area contributed by atoms with Crippen molar-refractivity contribution in [3.63, 3.8) is 0 Å². The van der Waals surface area contributed by atoms with Gasteiger partial charge in [0, 0.05) is 30.1 Å². The Hall–Kier alpha value is -2.88. The van der Waals surface area contributed by atoms with Gasteiger partial charge in [0.25, 0.3) is 5.91 Å². The highest BCUT2D eigenvalue weighted by Crippen LogP contribution is 2.26. The maximum absolute atomic E-state index is 12.7. The van der Waals surface area contributed by atoms with E-state index in [2.05, 4.69) is 4.98 Å². The van der Waals surface area contributed by atoms with E-state index in [4.69, 9.17) is 4.74 Å². The predicted molar refractivity (Wildman–Crippen MR) is 97.9 cm³/mol. The van der Waals surface area contributed by atoms with Crippen molar-refractivity contribution in [1.82, 2.24) is 9.88 Å². The molecule has 0 spiro atoms. The number of nitrogens with zero attached hydrogens (tertiary/aromatic N) is 2. The van der Waals surface area contributed by atoms with Crippen LogP contribution < -0.4 is 4.74 Å². The Kier molecular flexibility index (Phi) is 4.10. The highest BCUT2D eigenvalue weighted by Gasteiger charge is 2.28. The number of carbonyl (C=O) groups is 1. The quantitative estimate of drug-likeness (QED) is 0.732. The molecule has 1 aliphatic heterocycles. The van der Waals surface area contributed by atoms with Crippen LogP contribution in [0.25, 0.3) is 10.9 Å². The third kappa shape index (κ3) is 3.20. The van der Waals surface area contributed by atoms with Gasteiger partial charge in [0.15, 0.2) is 0 Å². The summed E-state index contributed by atoms with van der Waals surface area (Å²) in [6, 6.07) is 17.6. The molecule has 1 unspecified atom stereocenters. The van der Waals surface area contributed by atoms with Crippen molar-refractivity contribution in [2.24, 2.45) is 0 Å². The Bertz CT molecular complexity index is 917. The fraction of sp³-hybridized carbons (Fsp3) is 0.238. The first-order valence-electron chi connectivity index (χ1n) is 8.57. The Morgan fingerprint density at radius 3 is 2.88 bits per heavy atom. The molecule has 0 radical (unpaired) electrons. The van der Waals surface area contributed by atoms with Crippen LogP contribution in [0.4, 0.5) is 0 Å². The number of ether oxygens (including phenoxy) is 1. The van der Waals surface area contributed by atoms with Crippen molar-refractivity contribution >= 4 is 16.8 Å². The highest BCUT2D eigenvalue weighted by molar-refractivity contribution is 5.94. The van der Waals surface area contributed by atoms with Crippen LogP contribution in [0.2, 0.25) is 0 Å². The molecule has 1 amide bonds. The zero-order valence-corrected chi connectivity index (χ0v) is 14.2. The second-order valence-corrected chi connectivity index (χ2v) is 6.48. The first-order valence-corrected chi connectivity index (χ1v) is 8.57. The minimum atomic E-state index is 0.00126. The lowest BCUT2D eigenvalue weighted by Gasteiger charge is -2.18. The molecule has 2 aromatic carbocycles. The summed E-state index contributed by atoms with van der Waals surface area (Å²) in [7, 11) is 0. The molecule has 4 rings (SSSR count). The maximum Gasteiger partial charge on any atom is 0.253 e. The number of hydrogen-bond donors (Lipinski definition) is 0. The number of benzene rings is 2. The minimum absolute atomic E-state index is 0.00126. The number of aryl methyl sites for hydroxylation is 1. The maximum atomic E-state index is 12.7. The summed E-state index contributed by atoms with van der Waals surface area (Å²) >= 11 is 0. The van der Waals surface area contributed by atoms with Crippen LogP contribution in [-0.2, 0) is 0 Å². The summed E-state index contributed by atoms with van der Waals surface area (Å²) in [6.07, 6.45) is 2.61. The number of aromatic nitrogens is 1. The largest absolute Gasteiger partial charge is 0.486 e. The van der Waals surface area contributed by atoms with Gasteiger partial charge in [-0.2, -0.15) is 0 Å². The average Bonchev–Trinajstić information content (AvgIpc) is 3.10. The molecule has 1 atom stereocenters. The number of para-hydroxylation sites is 1. The van der Waals surface area contributed by atoms with Gasteiger partial charge in [0.1, 0.15) is 17.4 Å². The topological polar surface area (TPSA) is 42.4 Å². The highest BCUT2D eigenvalue weighted by atomic mass is 16.5. The Balaban J connectivity index is 1.48. The van der Waals surface area contributed by atoms with Crippen molar-refractivity contribution in [1.29, 1.82) is 0 Å². The van der Waals surface area contributed by atoms with Gasteiger partial charge in [-0.05, 0) is 31.2 Å². The van der Waals surface area contributed by atoms with Crippen LogP contribution in [0, 0.1) is 6.92 Å². The Labute approximate surface area is 147 Å². The summed E-state index contributed by atoms with van der Waals surface area (Å²) in [5, 5.41) is 1.06. The van der Waals surface area contributed by atoms with Crippen LogP contribution in [0.1, 0.15) is 22.3 Å². The molecule has 4 nitrogen and oxygen atoms in total. The molecule has 0 N–H and O–H groups in total. The molecular weight excluding hydrogens is 312 g/mol. The lowest BCUT2D eigenvalue weighted by Crippen LogP contribution is -2.31. The third-order valence-electron chi connectivity index (χ3n) is 4.59. The van der Waals surface area contributed by atoms with Crippen molar-refractivity contribution < 1.29 is 9.53 Å². The molecule has 126 valence electrons. The lowest BCUT2D eigenvalue weighted by molar-refractivity contribution is 0.0772. The molecule has 0 aliphatic carbocycles. The molecule has 1 aromatic heterocycles. The van der Waals surface area contributed by atoms with Gasteiger partial charge in [-0.25, -0.2) is 0 Å². The summed E-state index contributed by atoms with van der Waals surface area (Å²) in [4.78, 5) is 19.0. The zero-order valence-electron chi connectivity index (χ0n) is 14.2. The first kappa shape index (κ1) is 15.6. The number of carbonyl (C=O) groups excluding carboxylic acids is 1. The van der Waals surface area contributed by atoms with Gasteiger partial charge in [-0.15, -0.1) is 0 Å². The van der Waals surface area contributed by atoms with Crippen molar-refractivity contribution in [2.75, 3.05) is 13.1 Å². The molecule has 1 fully saturated rings. The van der Waals surface area contributed by atoms with Crippen molar-refractivity contribution in [2.45, 2.75) is 19.4 Å². The number of pyridine rings is 1. The van der Waals surface area contributed by atoms with E-state index in [-0.39, 0.29) is 12.0 Å². The second-order valence-electron chi connectivity index (χ2n) is 6.48. The van der Waals surface area contributed by atoms with Crippen molar-refractivity contribution in [3.05, 3.63) is 71.9 Å². The van der Waals surface area contributed by atoms with E-state index in [1.165, 1.54) is 0 Å². The van der Waals surface area contributed by atoms with E-state index in [1.54, 1.807) is 6.20 Å². The molecule has 4 heteroatoms. The van der Waals surface area contributed by atoms with Crippen LogP contribution >= 0.6 is 0 Å². The molecule has 1 aliphatic rings. The van der Waals surface area contributed by atoms with Gasteiger partial charge in [0.05, 0.1) is 6.54 Å². The molecule has 0 bridgehead atoms. The Morgan fingerprint density at radius 1 is 1.16 bits per heavy atom. The van der Waals surface area contributed by atoms with E-state index in [0.29, 0.717) is 6.54 Å². The van der Waals surface area contributed by atoms with E-state index in [0.717, 1.165) is 40.7 Å². The van der Waals surface area contributed by atoms with Crippen molar-refractivity contribution in [3.8, 4) is 5.75 Å². The second kappa shape index (κ2) is 6.55. The number of hydrogen-bond acceptors (Lipinski definition) is 3. The molecule has 25 heavy (non-hydrogen) atoms. The molecule has 2 heterocycles. The summed E-state index contributed by atoms with van der Waals surface area (Å²) < 4.78 is 6.17. The van der Waals surface area contributed by atoms with Gasteiger partial charge >= 0.3 is 0 Å². The molecule has 3 aromatic rings. The standard InChI is InChI=1S/C21H20N2O2/c1-15-5-2-7-17(13-15)21(24)23-12-10-18(14-23)25-19-9-3-6-16-8-4-11-22-20(16)19/h2-9,11,13,18H,10,12,14H2,1H3.